The zero-order valence-electron chi connectivity index (χ0n) is 11.3. The summed E-state index contributed by atoms with van der Waals surface area (Å²) in [7, 11) is 0. The van der Waals surface area contributed by atoms with Crippen molar-refractivity contribution in [2.24, 2.45) is 5.73 Å². The van der Waals surface area contributed by atoms with Gasteiger partial charge in [-0.3, -0.25) is 0 Å². The second-order valence-electron chi connectivity index (χ2n) is 4.95. The van der Waals surface area contributed by atoms with Gasteiger partial charge in [-0.15, -0.1) is 0 Å². The molecule has 0 radical (unpaired) electrons. The van der Waals surface area contributed by atoms with E-state index >= 15 is 0 Å². The SMILES string of the molecule is Cc1ccc2nc(Cc3ccc(Cl)cc3)c(CN)n2c1. The molecule has 3 aromatic rings. The zero-order chi connectivity index (χ0) is 14.1. The first-order valence-corrected chi connectivity index (χ1v) is 6.96. The quantitative estimate of drug-likeness (QED) is 0.802. The summed E-state index contributed by atoms with van der Waals surface area (Å²) in [6.07, 6.45) is 2.85. The minimum absolute atomic E-state index is 0.480. The van der Waals surface area contributed by atoms with E-state index < -0.39 is 0 Å². The van der Waals surface area contributed by atoms with E-state index in [0.717, 1.165) is 28.5 Å². The number of hydrogen-bond donors (Lipinski definition) is 1. The first-order chi connectivity index (χ1) is 9.67. The first-order valence-electron chi connectivity index (χ1n) is 6.58. The van der Waals surface area contributed by atoms with Crippen molar-refractivity contribution in [1.82, 2.24) is 9.38 Å². The van der Waals surface area contributed by atoms with Crippen LogP contribution in [-0.4, -0.2) is 9.38 Å². The van der Waals surface area contributed by atoms with Crippen molar-refractivity contribution in [2.45, 2.75) is 19.9 Å². The van der Waals surface area contributed by atoms with E-state index in [1.807, 2.05) is 30.3 Å². The molecule has 0 bridgehead atoms. The summed E-state index contributed by atoms with van der Waals surface area (Å²) in [5, 5.41) is 0.749. The highest BCUT2D eigenvalue weighted by Crippen LogP contribution is 2.18. The molecule has 0 aliphatic heterocycles. The van der Waals surface area contributed by atoms with Crippen LogP contribution in [0.25, 0.3) is 5.65 Å². The van der Waals surface area contributed by atoms with Crippen molar-refractivity contribution in [3.8, 4) is 0 Å². The molecule has 2 aromatic heterocycles. The Kier molecular flexibility index (Phi) is 3.47. The molecule has 0 spiro atoms. The molecule has 3 rings (SSSR count). The molecular formula is C16H16ClN3. The number of imidazole rings is 1. The van der Waals surface area contributed by atoms with Crippen LogP contribution in [0.3, 0.4) is 0 Å². The lowest BCUT2D eigenvalue weighted by atomic mass is 10.1. The summed E-state index contributed by atoms with van der Waals surface area (Å²) in [6.45, 7) is 2.55. The number of halogens is 1. The van der Waals surface area contributed by atoms with Gasteiger partial charge in [0.2, 0.25) is 0 Å². The zero-order valence-corrected chi connectivity index (χ0v) is 12.1. The molecule has 0 atom stereocenters. The maximum Gasteiger partial charge on any atom is 0.137 e. The lowest BCUT2D eigenvalue weighted by Crippen LogP contribution is -2.05. The van der Waals surface area contributed by atoms with Crippen LogP contribution < -0.4 is 5.73 Å². The Hall–Kier alpha value is -1.84. The average molecular weight is 286 g/mol. The maximum absolute atomic E-state index is 5.92. The molecule has 3 nitrogen and oxygen atoms in total. The topological polar surface area (TPSA) is 43.3 Å². The molecule has 0 aliphatic rings. The number of nitrogens with two attached hydrogens (primary N) is 1. The molecule has 0 saturated heterocycles. The Bertz CT molecular complexity index is 744. The summed E-state index contributed by atoms with van der Waals surface area (Å²) in [4.78, 5) is 4.69. The third-order valence-electron chi connectivity index (χ3n) is 3.43. The van der Waals surface area contributed by atoms with Gasteiger partial charge in [0.15, 0.2) is 0 Å². The molecule has 102 valence electrons. The first kappa shape index (κ1) is 13.2. The van der Waals surface area contributed by atoms with Crippen LogP contribution in [0.15, 0.2) is 42.6 Å². The van der Waals surface area contributed by atoms with Crippen LogP contribution in [-0.2, 0) is 13.0 Å². The van der Waals surface area contributed by atoms with Gasteiger partial charge in [-0.05, 0) is 36.2 Å². The predicted octanol–water partition coefficient (Wildman–Crippen LogP) is 3.35. The maximum atomic E-state index is 5.92. The van der Waals surface area contributed by atoms with Gasteiger partial charge in [0.05, 0.1) is 11.4 Å². The van der Waals surface area contributed by atoms with Crippen LogP contribution >= 0.6 is 11.6 Å². The Morgan fingerprint density at radius 2 is 1.90 bits per heavy atom. The Morgan fingerprint density at radius 1 is 1.15 bits per heavy atom. The summed E-state index contributed by atoms with van der Waals surface area (Å²) in [5.41, 5.74) is 11.3. The normalized spacial score (nSPS) is 11.2. The number of pyridine rings is 1. The Balaban J connectivity index is 2.04. The Labute approximate surface area is 123 Å². The molecule has 1 aromatic carbocycles. The van der Waals surface area contributed by atoms with Crippen molar-refractivity contribution in [3.63, 3.8) is 0 Å². The van der Waals surface area contributed by atoms with Crippen LogP contribution in [0.4, 0.5) is 0 Å². The third kappa shape index (κ3) is 2.42. The van der Waals surface area contributed by atoms with E-state index in [2.05, 4.69) is 23.6 Å². The number of hydrogen-bond acceptors (Lipinski definition) is 2. The summed E-state index contributed by atoms with van der Waals surface area (Å²) < 4.78 is 2.08. The number of fused-ring (bicyclic) bond motifs is 1. The second-order valence-corrected chi connectivity index (χ2v) is 5.38. The number of nitrogens with zero attached hydrogens (tertiary/aromatic N) is 2. The number of aryl methyl sites for hydroxylation is 1. The van der Waals surface area contributed by atoms with Gasteiger partial charge in [-0.25, -0.2) is 4.98 Å². The van der Waals surface area contributed by atoms with Crippen molar-refractivity contribution in [2.75, 3.05) is 0 Å². The molecule has 2 heterocycles. The third-order valence-corrected chi connectivity index (χ3v) is 3.68. The lowest BCUT2D eigenvalue weighted by Gasteiger charge is -2.03. The highest BCUT2D eigenvalue weighted by molar-refractivity contribution is 6.30. The van der Waals surface area contributed by atoms with Gasteiger partial charge in [0.1, 0.15) is 5.65 Å². The van der Waals surface area contributed by atoms with Gasteiger partial charge < -0.3 is 10.1 Å². The van der Waals surface area contributed by atoms with Gasteiger partial charge in [0, 0.05) is 24.2 Å². The van der Waals surface area contributed by atoms with E-state index in [1.165, 1.54) is 11.1 Å². The number of benzene rings is 1. The molecule has 0 amide bonds. The standard InChI is InChI=1S/C16H16ClN3/c1-11-2-7-16-19-14(15(9-18)20(16)10-11)8-12-3-5-13(17)6-4-12/h2-7,10H,8-9,18H2,1H3. The summed E-state index contributed by atoms with van der Waals surface area (Å²) in [6, 6.07) is 11.9. The fourth-order valence-electron chi connectivity index (χ4n) is 2.40. The highest BCUT2D eigenvalue weighted by Gasteiger charge is 2.11. The van der Waals surface area contributed by atoms with Crippen molar-refractivity contribution in [3.05, 3.63) is 70.1 Å². The average Bonchev–Trinajstić information content (AvgIpc) is 2.78. The minimum atomic E-state index is 0.480. The van der Waals surface area contributed by atoms with Gasteiger partial charge in [-0.2, -0.15) is 0 Å². The molecule has 0 saturated carbocycles. The van der Waals surface area contributed by atoms with Crippen molar-refractivity contribution in [1.29, 1.82) is 0 Å². The molecule has 0 unspecified atom stereocenters. The lowest BCUT2D eigenvalue weighted by molar-refractivity contribution is 0.922. The monoisotopic (exact) mass is 285 g/mol. The fraction of sp³-hybridized carbons (Fsp3) is 0.188. The van der Waals surface area contributed by atoms with Gasteiger partial charge >= 0.3 is 0 Å². The van der Waals surface area contributed by atoms with Crippen LogP contribution in [0.5, 0.6) is 0 Å². The Morgan fingerprint density at radius 3 is 2.60 bits per heavy atom. The predicted molar refractivity (Wildman–Crippen MR) is 82.1 cm³/mol. The van der Waals surface area contributed by atoms with Gasteiger partial charge in [-0.1, -0.05) is 29.8 Å². The summed E-state index contributed by atoms with van der Waals surface area (Å²) >= 11 is 5.92. The largest absolute Gasteiger partial charge is 0.325 e. The molecule has 0 fully saturated rings. The fourth-order valence-corrected chi connectivity index (χ4v) is 2.53. The van der Waals surface area contributed by atoms with Gasteiger partial charge in [0.25, 0.3) is 0 Å². The van der Waals surface area contributed by atoms with E-state index in [0.29, 0.717) is 6.54 Å². The summed E-state index contributed by atoms with van der Waals surface area (Å²) in [5.74, 6) is 0. The molecular weight excluding hydrogens is 270 g/mol. The van der Waals surface area contributed by atoms with Crippen LogP contribution in [0.2, 0.25) is 5.02 Å². The van der Waals surface area contributed by atoms with E-state index in [-0.39, 0.29) is 0 Å². The molecule has 2 N–H and O–H groups in total. The van der Waals surface area contributed by atoms with E-state index in [1.54, 1.807) is 0 Å². The van der Waals surface area contributed by atoms with Crippen molar-refractivity contribution >= 4 is 17.2 Å². The minimum Gasteiger partial charge on any atom is -0.325 e. The van der Waals surface area contributed by atoms with E-state index in [4.69, 9.17) is 22.3 Å². The smallest absolute Gasteiger partial charge is 0.137 e. The second kappa shape index (κ2) is 5.27. The highest BCUT2D eigenvalue weighted by atomic mass is 35.5. The number of rotatable bonds is 3. The molecule has 4 heteroatoms. The van der Waals surface area contributed by atoms with Crippen molar-refractivity contribution < 1.29 is 0 Å². The molecule has 20 heavy (non-hydrogen) atoms. The molecule has 0 aliphatic carbocycles. The number of aromatic nitrogens is 2. The van der Waals surface area contributed by atoms with Crippen LogP contribution in [0, 0.1) is 6.92 Å². The van der Waals surface area contributed by atoms with Crippen LogP contribution in [0.1, 0.15) is 22.5 Å². The van der Waals surface area contributed by atoms with E-state index in [9.17, 15) is 0 Å².